The second kappa shape index (κ2) is 5.44. The minimum atomic E-state index is -3.13. The van der Waals surface area contributed by atoms with Crippen molar-refractivity contribution in [3.63, 3.8) is 0 Å². The molecule has 2 rings (SSSR count). The van der Waals surface area contributed by atoms with E-state index in [-0.39, 0.29) is 12.4 Å². The van der Waals surface area contributed by atoms with Crippen LogP contribution in [0.5, 0.6) is 0 Å². The Balaban J connectivity index is 2.14. The summed E-state index contributed by atoms with van der Waals surface area (Å²) in [5.74, 6) is -0.307. The number of hydrogen-bond donors (Lipinski definition) is 1. The zero-order valence-corrected chi connectivity index (χ0v) is 11.7. The zero-order valence-electron chi connectivity index (χ0n) is 10.8. The van der Waals surface area contributed by atoms with E-state index in [2.05, 4.69) is 0 Å². The topological polar surface area (TPSA) is 66.6 Å². The molecular weight excluding hydrogens is 269 g/mol. The fraction of sp³-hybridized carbons (Fsp3) is 0.500. The summed E-state index contributed by atoms with van der Waals surface area (Å²) in [7, 11) is -3.13. The highest BCUT2D eigenvalue weighted by Gasteiger charge is 2.24. The van der Waals surface area contributed by atoms with E-state index in [1.165, 1.54) is 22.7 Å². The molecule has 0 aromatic heterocycles. The molecule has 1 aliphatic heterocycles. The number of nitrogens with two attached hydrogens (primary N) is 1. The number of benzene rings is 1. The lowest BCUT2D eigenvalue weighted by atomic mass is 10.1. The summed E-state index contributed by atoms with van der Waals surface area (Å²) in [6, 6.07) is 4.53. The Morgan fingerprint density at radius 1 is 1.26 bits per heavy atom. The van der Waals surface area contributed by atoms with Crippen LogP contribution in [0.1, 0.15) is 5.56 Å². The number of piperazine rings is 1. The smallest absolute Gasteiger partial charge is 0.211 e. The Morgan fingerprint density at radius 2 is 1.89 bits per heavy atom. The largest absolute Gasteiger partial charge is 0.369 e. The summed E-state index contributed by atoms with van der Waals surface area (Å²) in [4.78, 5) is 2.04. The Morgan fingerprint density at radius 3 is 2.42 bits per heavy atom. The first-order chi connectivity index (χ1) is 8.91. The van der Waals surface area contributed by atoms with Gasteiger partial charge in [-0.2, -0.15) is 4.31 Å². The zero-order chi connectivity index (χ0) is 14.0. The van der Waals surface area contributed by atoms with Crippen LogP contribution in [0.3, 0.4) is 0 Å². The molecular formula is C12H18FN3O2S. The lowest BCUT2D eigenvalue weighted by molar-refractivity contribution is 0.387. The number of anilines is 1. The molecule has 0 radical (unpaired) electrons. The van der Waals surface area contributed by atoms with Gasteiger partial charge in [-0.3, -0.25) is 0 Å². The van der Waals surface area contributed by atoms with Crippen LogP contribution in [-0.4, -0.2) is 45.2 Å². The molecule has 1 fully saturated rings. The molecule has 0 spiro atoms. The number of sulfonamides is 1. The summed E-state index contributed by atoms with van der Waals surface area (Å²) in [5, 5.41) is 0. The predicted octanol–water partition coefficient (Wildman–Crippen LogP) is 0.366. The van der Waals surface area contributed by atoms with Crippen molar-refractivity contribution in [2.45, 2.75) is 6.54 Å². The van der Waals surface area contributed by atoms with Crippen LogP contribution in [0, 0.1) is 5.82 Å². The molecule has 0 atom stereocenters. The summed E-state index contributed by atoms with van der Waals surface area (Å²) in [6.07, 6.45) is 1.21. The van der Waals surface area contributed by atoms with Crippen molar-refractivity contribution < 1.29 is 12.8 Å². The molecule has 0 unspecified atom stereocenters. The van der Waals surface area contributed by atoms with Crippen LogP contribution in [0.15, 0.2) is 18.2 Å². The molecule has 0 amide bonds. The van der Waals surface area contributed by atoms with Gasteiger partial charge in [0.15, 0.2) is 0 Å². The maximum Gasteiger partial charge on any atom is 0.211 e. The van der Waals surface area contributed by atoms with E-state index in [1.54, 1.807) is 6.07 Å². The Hall–Kier alpha value is -1.18. The van der Waals surface area contributed by atoms with Crippen molar-refractivity contribution in [3.05, 3.63) is 29.6 Å². The van der Waals surface area contributed by atoms with E-state index in [0.29, 0.717) is 26.2 Å². The number of halogens is 1. The number of rotatable bonds is 3. The second-order valence-electron chi connectivity index (χ2n) is 4.63. The van der Waals surface area contributed by atoms with Crippen LogP contribution in [0.2, 0.25) is 0 Å². The summed E-state index contributed by atoms with van der Waals surface area (Å²) < 4.78 is 37.5. The van der Waals surface area contributed by atoms with Gasteiger partial charge in [-0.15, -0.1) is 0 Å². The first kappa shape index (κ1) is 14.2. The van der Waals surface area contributed by atoms with E-state index in [4.69, 9.17) is 5.73 Å². The van der Waals surface area contributed by atoms with E-state index < -0.39 is 10.0 Å². The monoisotopic (exact) mass is 287 g/mol. The SMILES string of the molecule is CS(=O)(=O)N1CCN(c2ccc(F)cc2CN)CC1. The molecule has 0 bridgehead atoms. The average Bonchev–Trinajstić information content (AvgIpc) is 2.37. The molecule has 1 aliphatic rings. The van der Waals surface area contributed by atoms with E-state index >= 15 is 0 Å². The lowest BCUT2D eigenvalue weighted by Crippen LogP contribution is -2.48. The van der Waals surface area contributed by atoms with Gasteiger partial charge in [0.25, 0.3) is 0 Å². The van der Waals surface area contributed by atoms with Crippen molar-refractivity contribution >= 4 is 15.7 Å². The fourth-order valence-electron chi connectivity index (χ4n) is 2.29. The third kappa shape index (κ3) is 3.23. The molecule has 5 nitrogen and oxygen atoms in total. The van der Waals surface area contributed by atoms with Gasteiger partial charge >= 0.3 is 0 Å². The lowest BCUT2D eigenvalue weighted by Gasteiger charge is -2.35. The van der Waals surface area contributed by atoms with Crippen molar-refractivity contribution in [1.29, 1.82) is 0 Å². The van der Waals surface area contributed by atoms with Gasteiger partial charge in [-0.1, -0.05) is 0 Å². The van der Waals surface area contributed by atoms with Crippen LogP contribution in [0.25, 0.3) is 0 Å². The first-order valence-corrected chi connectivity index (χ1v) is 7.95. The van der Waals surface area contributed by atoms with Gasteiger partial charge in [0, 0.05) is 38.4 Å². The van der Waals surface area contributed by atoms with Crippen molar-refractivity contribution in [3.8, 4) is 0 Å². The highest BCUT2D eigenvalue weighted by molar-refractivity contribution is 7.88. The normalized spacial score (nSPS) is 17.7. The van der Waals surface area contributed by atoms with Gasteiger partial charge in [-0.25, -0.2) is 12.8 Å². The van der Waals surface area contributed by atoms with Gasteiger partial charge in [0.1, 0.15) is 5.82 Å². The molecule has 7 heteroatoms. The van der Waals surface area contributed by atoms with Gasteiger partial charge in [0.2, 0.25) is 10.0 Å². The molecule has 19 heavy (non-hydrogen) atoms. The molecule has 106 valence electrons. The highest BCUT2D eigenvalue weighted by Crippen LogP contribution is 2.23. The van der Waals surface area contributed by atoms with E-state index in [1.807, 2.05) is 4.90 Å². The van der Waals surface area contributed by atoms with Crippen LogP contribution >= 0.6 is 0 Å². The fourth-order valence-corrected chi connectivity index (χ4v) is 3.11. The maximum atomic E-state index is 13.2. The third-order valence-electron chi connectivity index (χ3n) is 3.31. The molecule has 1 aromatic rings. The average molecular weight is 287 g/mol. The summed E-state index contributed by atoms with van der Waals surface area (Å²) in [6.45, 7) is 2.33. The van der Waals surface area contributed by atoms with E-state index in [9.17, 15) is 12.8 Å². The van der Waals surface area contributed by atoms with Crippen molar-refractivity contribution in [2.75, 3.05) is 37.3 Å². The second-order valence-corrected chi connectivity index (χ2v) is 6.61. The Kier molecular flexibility index (Phi) is 4.07. The number of nitrogens with zero attached hydrogens (tertiary/aromatic N) is 2. The van der Waals surface area contributed by atoms with Gasteiger partial charge in [0.05, 0.1) is 6.26 Å². The highest BCUT2D eigenvalue weighted by atomic mass is 32.2. The molecule has 1 saturated heterocycles. The van der Waals surface area contributed by atoms with Crippen LogP contribution in [0.4, 0.5) is 10.1 Å². The minimum absolute atomic E-state index is 0.263. The third-order valence-corrected chi connectivity index (χ3v) is 4.61. The molecule has 0 aliphatic carbocycles. The first-order valence-electron chi connectivity index (χ1n) is 6.10. The maximum absolute atomic E-state index is 13.2. The standard InChI is InChI=1S/C12H18FN3O2S/c1-19(17,18)16-6-4-15(5-7-16)12-3-2-11(13)8-10(12)9-14/h2-3,8H,4-7,9,14H2,1H3. The molecule has 1 aromatic carbocycles. The Labute approximate surface area is 112 Å². The minimum Gasteiger partial charge on any atom is -0.369 e. The summed E-state index contributed by atoms with van der Waals surface area (Å²) in [5.41, 5.74) is 7.25. The predicted molar refractivity (Wildman–Crippen MR) is 72.9 cm³/mol. The summed E-state index contributed by atoms with van der Waals surface area (Å²) >= 11 is 0. The van der Waals surface area contributed by atoms with Crippen molar-refractivity contribution in [1.82, 2.24) is 4.31 Å². The van der Waals surface area contributed by atoms with Crippen LogP contribution < -0.4 is 10.6 Å². The molecule has 2 N–H and O–H groups in total. The Bertz CT molecular complexity index is 554. The molecule has 1 heterocycles. The van der Waals surface area contributed by atoms with E-state index in [0.717, 1.165) is 11.3 Å². The van der Waals surface area contributed by atoms with Crippen molar-refractivity contribution in [2.24, 2.45) is 5.73 Å². The quantitative estimate of drug-likeness (QED) is 0.872. The van der Waals surface area contributed by atoms with Crippen LogP contribution in [-0.2, 0) is 16.6 Å². The van der Waals surface area contributed by atoms with Gasteiger partial charge < -0.3 is 10.6 Å². The van der Waals surface area contributed by atoms with Gasteiger partial charge in [-0.05, 0) is 23.8 Å². The number of hydrogen-bond acceptors (Lipinski definition) is 4. The molecule has 0 saturated carbocycles.